The lowest BCUT2D eigenvalue weighted by Gasteiger charge is -2.14. The number of hydrogen-bond acceptors (Lipinski definition) is 4. The van der Waals surface area contributed by atoms with Crippen molar-refractivity contribution in [3.63, 3.8) is 0 Å². The van der Waals surface area contributed by atoms with Crippen molar-refractivity contribution in [1.29, 1.82) is 0 Å². The molecule has 0 saturated heterocycles. The second-order valence-corrected chi connectivity index (χ2v) is 3.00. The molecule has 1 heterocycles. The number of hydrogen-bond donors (Lipinski definition) is 0. The van der Waals surface area contributed by atoms with E-state index < -0.39 is 17.9 Å². The third kappa shape index (κ3) is 2.90. The zero-order valence-electron chi connectivity index (χ0n) is 8.78. The van der Waals surface area contributed by atoms with Gasteiger partial charge in [-0.2, -0.15) is 0 Å². The van der Waals surface area contributed by atoms with E-state index in [1.54, 1.807) is 6.92 Å². The van der Waals surface area contributed by atoms with Crippen LogP contribution < -0.4 is 4.74 Å². The van der Waals surface area contributed by atoms with Crippen molar-refractivity contribution in [2.45, 2.75) is 20.0 Å². The molecular weight excluding hydrogens is 201 g/mol. The van der Waals surface area contributed by atoms with Gasteiger partial charge in [-0.3, -0.25) is 4.79 Å². The van der Waals surface area contributed by atoms with Gasteiger partial charge in [0.05, 0.1) is 18.9 Å². The number of ether oxygens (including phenoxy) is 2. The first-order valence-corrected chi connectivity index (χ1v) is 4.41. The van der Waals surface area contributed by atoms with E-state index >= 15 is 0 Å². The van der Waals surface area contributed by atoms with Crippen LogP contribution in [0.25, 0.3) is 0 Å². The molecule has 0 unspecified atom stereocenters. The van der Waals surface area contributed by atoms with Crippen LogP contribution in [-0.2, 0) is 9.53 Å². The summed E-state index contributed by atoms with van der Waals surface area (Å²) in [6.45, 7) is 2.91. The highest BCUT2D eigenvalue weighted by Gasteiger charge is 2.16. The van der Waals surface area contributed by atoms with E-state index in [0.717, 1.165) is 6.20 Å². The third-order valence-corrected chi connectivity index (χ3v) is 1.82. The molecule has 15 heavy (non-hydrogen) atoms. The lowest BCUT2D eigenvalue weighted by molar-refractivity contribution is -0.145. The first-order valence-electron chi connectivity index (χ1n) is 4.41. The number of methoxy groups -OCH3 is 1. The Hall–Kier alpha value is -1.65. The van der Waals surface area contributed by atoms with Gasteiger partial charge in [-0.25, -0.2) is 9.37 Å². The molecule has 0 spiro atoms. The monoisotopic (exact) mass is 213 g/mol. The summed E-state index contributed by atoms with van der Waals surface area (Å²) in [5.74, 6) is -0.677. The number of nitrogens with zero attached hydrogens (tertiary/aromatic N) is 1. The van der Waals surface area contributed by atoms with E-state index in [9.17, 15) is 9.18 Å². The second-order valence-electron chi connectivity index (χ2n) is 3.00. The van der Waals surface area contributed by atoms with Gasteiger partial charge in [0.15, 0.2) is 0 Å². The highest BCUT2D eigenvalue weighted by molar-refractivity contribution is 5.66. The highest BCUT2D eigenvalue weighted by atomic mass is 19.1. The Morgan fingerprint density at radius 3 is 2.80 bits per heavy atom. The zero-order chi connectivity index (χ0) is 11.4. The van der Waals surface area contributed by atoms with E-state index in [-0.39, 0.29) is 5.88 Å². The van der Waals surface area contributed by atoms with Gasteiger partial charge in [-0.05, 0) is 13.0 Å². The Morgan fingerprint density at radius 2 is 2.27 bits per heavy atom. The summed E-state index contributed by atoms with van der Waals surface area (Å²) in [4.78, 5) is 14.5. The minimum absolute atomic E-state index is 0.255. The fourth-order valence-corrected chi connectivity index (χ4v) is 1.22. The standard InChI is InChI=1S/C10H12FNO3/c1-6(15-7(2)13)9-4-8(11)5-12-10(9)14-3/h4-6H,1-3H3/t6-/m1/s1. The maximum absolute atomic E-state index is 12.9. The average molecular weight is 213 g/mol. The molecule has 0 N–H and O–H groups in total. The lowest BCUT2D eigenvalue weighted by Crippen LogP contribution is -2.07. The Labute approximate surface area is 87.0 Å². The van der Waals surface area contributed by atoms with Gasteiger partial charge in [0.2, 0.25) is 5.88 Å². The lowest BCUT2D eigenvalue weighted by atomic mass is 10.2. The summed E-state index contributed by atoms with van der Waals surface area (Å²) in [5.41, 5.74) is 0.410. The largest absolute Gasteiger partial charge is 0.481 e. The summed E-state index contributed by atoms with van der Waals surface area (Å²) in [5, 5.41) is 0. The van der Waals surface area contributed by atoms with Crippen LogP contribution in [0.15, 0.2) is 12.3 Å². The molecule has 82 valence electrons. The normalized spacial score (nSPS) is 12.0. The molecule has 0 amide bonds. The molecule has 5 heteroatoms. The zero-order valence-corrected chi connectivity index (χ0v) is 8.78. The van der Waals surface area contributed by atoms with Gasteiger partial charge >= 0.3 is 5.97 Å². The first kappa shape index (κ1) is 11.4. The molecule has 1 atom stereocenters. The number of pyridine rings is 1. The fraction of sp³-hybridized carbons (Fsp3) is 0.400. The number of aromatic nitrogens is 1. The number of carbonyl (C=O) groups is 1. The van der Waals surface area contributed by atoms with E-state index in [0.29, 0.717) is 5.56 Å². The van der Waals surface area contributed by atoms with Crippen molar-refractivity contribution in [2.24, 2.45) is 0 Å². The van der Waals surface area contributed by atoms with E-state index in [4.69, 9.17) is 9.47 Å². The number of esters is 1. The Kier molecular flexibility index (Phi) is 3.60. The summed E-state index contributed by atoms with van der Waals surface area (Å²) >= 11 is 0. The number of halogens is 1. The predicted octanol–water partition coefficient (Wildman–Crippen LogP) is 1.85. The van der Waals surface area contributed by atoms with Gasteiger partial charge in [0.1, 0.15) is 11.9 Å². The number of rotatable bonds is 3. The summed E-state index contributed by atoms with van der Waals surface area (Å²) in [6.07, 6.45) is 0.462. The molecule has 4 nitrogen and oxygen atoms in total. The van der Waals surface area contributed by atoms with E-state index in [2.05, 4.69) is 4.98 Å². The summed E-state index contributed by atoms with van der Waals surface area (Å²) in [7, 11) is 1.42. The van der Waals surface area contributed by atoms with Crippen molar-refractivity contribution in [1.82, 2.24) is 4.98 Å². The van der Waals surface area contributed by atoms with E-state index in [1.807, 2.05) is 0 Å². The first-order chi connectivity index (χ1) is 7.04. The van der Waals surface area contributed by atoms with Gasteiger partial charge in [0, 0.05) is 6.92 Å². The topological polar surface area (TPSA) is 48.4 Å². The molecule has 0 fully saturated rings. The molecule has 0 aliphatic carbocycles. The SMILES string of the molecule is COc1ncc(F)cc1[C@@H](C)OC(C)=O. The molecule has 1 aromatic rings. The van der Waals surface area contributed by atoms with Gasteiger partial charge in [-0.1, -0.05) is 0 Å². The van der Waals surface area contributed by atoms with Gasteiger partial charge in [0.25, 0.3) is 0 Å². The molecule has 0 saturated carbocycles. The highest BCUT2D eigenvalue weighted by Crippen LogP contribution is 2.25. The van der Waals surface area contributed by atoms with Crippen LogP contribution in [0.1, 0.15) is 25.5 Å². The number of carbonyl (C=O) groups excluding carboxylic acids is 1. The molecule has 0 aliphatic heterocycles. The van der Waals surface area contributed by atoms with E-state index in [1.165, 1.54) is 20.1 Å². The Balaban J connectivity index is 2.99. The van der Waals surface area contributed by atoms with Crippen LogP contribution in [-0.4, -0.2) is 18.1 Å². The maximum Gasteiger partial charge on any atom is 0.303 e. The average Bonchev–Trinajstić information content (AvgIpc) is 2.16. The Morgan fingerprint density at radius 1 is 1.60 bits per heavy atom. The molecular formula is C10H12FNO3. The van der Waals surface area contributed by atoms with Crippen LogP contribution in [0, 0.1) is 5.82 Å². The van der Waals surface area contributed by atoms with Crippen LogP contribution in [0.2, 0.25) is 0 Å². The van der Waals surface area contributed by atoms with Crippen molar-refractivity contribution < 1.29 is 18.7 Å². The summed E-state index contributed by atoms with van der Waals surface area (Å²) < 4.78 is 22.8. The fourth-order valence-electron chi connectivity index (χ4n) is 1.22. The smallest absolute Gasteiger partial charge is 0.303 e. The van der Waals surface area contributed by atoms with Crippen molar-refractivity contribution in [3.8, 4) is 5.88 Å². The molecule has 1 aromatic heterocycles. The quantitative estimate of drug-likeness (QED) is 0.719. The minimum atomic E-state index is -0.583. The van der Waals surface area contributed by atoms with Gasteiger partial charge < -0.3 is 9.47 Å². The second kappa shape index (κ2) is 4.72. The third-order valence-electron chi connectivity index (χ3n) is 1.82. The van der Waals surface area contributed by atoms with Crippen molar-refractivity contribution in [2.75, 3.05) is 7.11 Å². The predicted molar refractivity (Wildman–Crippen MR) is 50.9 cm³/mol. The Bertz CT molecular complexity index is 368. The van der Waals surface area contributed by atoms with Crippen molar-refractivity contribution >= 4 is 5.97 Å². The van der Waals surface area contributed by atoms with Crippen molar-refractivity contribution in [3.05, 3.63) is 23.6 Å². The molecule has 0 aromatic carbocycles. The maximum atomic E-state index is 12.9. The van der Waals surface area contributed by atoms with Crippen LogP contribution in [0.5, 0.6) is 5.88 Å². The van der Waals surface area contributed by atoms with Crippen LogP contribution >= 0.6 is 0 Å². The minimum Gasteiger partial charge on any atom is -0.481 e. The molecule has 1 rings (SSSR count). The molecule has 0 bridgehead atoms. The van der Waals surface area contributed by atoms with Crippen LogP contribution in [0.3, 0.4) is 0 Å². The molecule has 0 radical (unpaired) electrons. The van der Waals surface area contributed by atoms with Gasteiger partial charge in [-0.15, -0.1) is 0 Å². The summed E-state index contributed by atoms with van der Waals surface area (Å²) in [6, 6.07) is 1.24. The van der Waals surface area contributed by atoms with Crippen LogP contribution in [0.4, 0.5) is 4.39 Å². The molecule has 0 aliphatic rings.